The molecular formula is C16H25NO2. The van der Waals surface area contributed by atoms with E-state index in [9.17, 15) is 9.90 Å². The number of carboxylic acid groups (broad SMARTS) is 1. The summed E-state index contributed by atoms with van der Waals surface area (Å²) >= 11 is 0. The Kier molecular flexibility index (Phi) is 5.55. The number of aliphatic carboxylic acids is 1. The summed E-state index contributed by atoms with van der Waals surface area (Å²) < 4.78 is 0. The lowest BCUT2D eigenvalue weighted by Crippen LogP contribution is -2.47. The highest BCUT2D eigenvalue weighted by atomic mass is 16.4. The van der Waals surface area contributed by atoms with E-state index in [4.69, 9.17) is 0 Å². The van der Waals surface area contributed by atoms with Gasteiger partial charge in [0.25, 0.3) is 0 Å². The highest BCUT2D eigenvalue weighted by Crippen LogP contribution is 2.26. The monoisotopic (exact) mass is 263 g/mol. The second kappa shape index (κ2) is 6.71. The number of carboxylic acids is 1. The maximum Gasteiger partial charge on any atom is 0.315 e. The molecule has 0 aliphatic heterocycles. The Morgan fingerprint density at radius 2 is 1.89 bits per heavy atom. The van der Waals surface area contributed by atoms with Gasteiger partial charge in [-0.3, -0.25) is 9.69 Å². The fraction of sp³-hybridized carbons (Fsp3) is 0.562. The largest absolute Gasteiger partial charge is 0.481 e. The molecular weight excluding hydrogens is 238 g/mol. The van der Waals surface area contributed by atoms with Crippen LogP contribution in [0.3, 0.4) is 0 Å². The Morgan fingerprint density at radius 3 is 2.32 bits per heavy atom. The lowest BCUT2D eigenvalue weighted by Gasteiger charge is -2.35. The summed E-state index contributed by atoms with van der Waals surface area (Å²) in [5.74, 6) is -0.763. The number of benzene rings is 1. The lowest BCUT2D eigenvalue weighted by molar-refractivity contribution is -0.144. The van der Waals surface area contributed by atoms with Crippen molar-refractivity contribution in [1.82, 2.24) is 4.90 Å². The third kappa shape index (κ3) is 3.57. The van der Waals surface area contributed by atoms with Crippen LogP contribution in [-0.4, -0.2) is 35.1 Å². The molecule has 0 bridgehead atoms. The van der Waals surface area contributed by atoms with Gasteiger partial charge in [-0.25, -0.2) is 0 Å². The molecule has 1 aromatic rings. The molecule has 1 aromatic carbocycles. The molecule has 19 heavy (non-hydrogen) atoms. The van der Waals surface area contributed by atoms with Gasteiger partial charge in [-0.2, -0.15) is 0 Å². The van der Waals surface area contributed by atoms with Crippen molar-refractivity contribution in [2.75, 3.05) is 13.1 Å². The zero-order valence-corrected chi connectivity index (χ0v) is 12.4. The number of likely N-dealkylation sites (N-methyl/N-ethyl adjacent to an activating group) is 1. The van der Waals surface area contributed by atoms with Gasteiger partial charge < -0.3 is 5.11 Å². The first-order valence-corrected chi connectivity index (χ1v) is 6.98. The minimum absolute atomic E-state index is 0.396. The van der Waals surface area contributed by atoms with E-state index in [-0.39, 0.29) is 0 Å². The molecule has 0 aliphatic rings. The first-order chi connectivity index (χ1) is 8.95. The summed E-state index contributed by atoms with van der Waals surface area (Å²) in [6.07, 6.45) is 1.03. The zero-order chi connectivity index (χ0) is 14.5. The van der Waals surface area contributed by atoms with E-state index in [2.05, 4.69) is 25.7 Å². The molecule has 2 atom stereocenters. The molecule has 0 amide bonds. The van der Waals surface area contributed by atoms with Crippen LogP contribution in [0, 0.1) is 0 Å². The van der Waals surface area contributed by atoms with Gasteiger partial charge >= 0.3 is 5.97 Å². The van der Waals surface area contributed by atoms with E-state index < -0.39 is 11.4 Å². The average molecular weight is 263 g/mol. The van der Waals surface area contributed by atoms with Crippen molar-refractivity contribution >= 4 is 5.97 Å². The fourth-order valence-electron chi connectivity index (χ4n) is 2.33. The normalized spacial score (nSPS) is 16.1. The first-order valence-electron chi connectivity index (χ1n) is 6.98. The molecule has 0 heterocycles. The van der Waals surface area contributed by atoms with Crippen molar-refractivity contribution in [3.63, 3.8) is 0 Å². The highest BCUT2D eigenvalue weighted by Gasteiger charge is 2.37. The van der Waals surface area contributed by atoms with Gasteiger partial charge in [0.2, 0.25) is 0 Å². The molecule has 106 valence electrons. The third-order valence-electron chi connectivity index (χ3n) is 4.02. The molecule has 1 N–H and O–H groups in total. The molecule has 1 rings (SSSR count). The minimum Gasteiger partial charge on any atom is -0.481 e. The standard InChI is InChI=1S/C16H25NO2/c1-5-13(3)17(6-2)12-16(4,15(18)19)14-10-8-7-9-11-14/h7-11,13H,5-6,12H2,1-4H3,(H,18,19). The van der Waals surface area contributed by atoms with Crippen molar-refractivity contribution in [2.45, 2.75) is 45.6 Å². The Morgan fingerprint density at radius 1 is 1.32 bits per heavy atom. The van der Waals surface area contributed by atoms with E-state index in [0.717, 1.165) is 18.5 Å². The molecule has 0 aliphatic carbocycles. The molecule has 0 radical (unpaired) electrons. The van der Waals surface area contributed by atoms with Crippen LogP contribution in [0.1, 0.15) is 39.7 Å². The molecule has 0 saturated carbocycles. The van der Waals surface area contributed by atoms with E-state index in [1.54, 1.807) is 0 Å². The zero-order valence-electron chi connectivity index (χ0n) is 12.4. The topological polar surface area (TPSA) is 40.5 Å². The van der Waals surface area contributed by atoms with Crippen LogP contribution in [0.15, 0.2) is 30.3 Å². The molecule has 0 saturated heterocycles. The van der Waals surface area contributed by atoms with Crippen LogP contribution in [0.5, 0.6) is 0 Å². The summed E-state index contributed by atoms with van der Waals surface area (Å²) in [4.78, 5) is 14.0. The number of nitrogens with zero attached hydrogens (tertiary/aromatic N) is 1. The van der Waals surface area contributed by atoms with E-state index in [1.165, 1.54) is 0 Å². The molecule has 3 nitrogen and oxygen atoms in total. The predicted molar refractivity (Wildman–Crippen MR) is 78.4 cm³/mol. The van der Waals surface area contributed by atoms with Gasteiger partial charge in [0.05, 0.1) is 0 Å². The van der Waals surface area contributed by atoms with Gasteiger partial charge in [0, 0.05) is 12.6 Å². The summed E-state index contributed by atoms with van der Waals surface area (Å²) in [5, 5.41) is 9.66. The molecule has 0 aromatic heterocycles. The highest BCUT2D eigenvalue weighted by molar-refractivity contribution is 5.81. The van der Waals surface area contributed by atoms with Crippen LogP contribution in [0.4, 0.5) is 0 Å². The van der Waals surface area contributed by atoms with E-state index in [1.807, 2.05) is 37.3 Å². The second-order valence-corrected chi connectivity index (χ2v) is 5.32. The minimum atomic E-state index is -0.860. The van der Waals surface area contributed by atoms with Crippen LogP contribution in [0.25, 0.3) is 0 Å². The van der Waals surface area contributed by atoms with E-state index >= 15 is 0 Å². The van der Waals surface area contributed by atoms with Crippen molar-refractivity contribution in [2.24, 2.45) is 0 Å². The predicted octanol–water partition coefficient (Wildman–Crippen LogP) is 3.15. The van der Waals surface area contributed by atoms with E-state index in [0.29, 0.717) is 12.6 Å². The molecule has 0 fully saturated rings. The molecule has 2 unspecified atom stereocenters. The maximum absolute atomic E-state index is 11.8. The summed E-state index contributed by atoms with van der Waals surface area (Å²) in [7, 11) is 0. The van der Waals surface area contributed by atoms with Crippen molar-refractivity contribution in [3.05, 3.63) is 35.9 Å². The Labute approximate surface area is 116 Å². The summed E-state index contributed by atoms with van der Waals surface area (Å²) in [6.45, 7) is 9.59. The number of carbonyl (C=O) groups is 1. The van der Waals surface area contributed by atoms with Gasteiger partial charge in [-0.1, -0.05) is 44.2 Å². The first kappa shape index (κ1) is 15.7. The molecule has 0 spiro atoms. The van der Waals surface area contributed by atoms with Crippen molar-refractivity contribution < 1.29 is 9.90 Å². The lowest BCUT2D eigenvalue weighted by atomic mass is 9.81. The third-order valence-corrected chi connectivity index (χ3v) is 4.02. The second-order valence-electron chi connectivity index (χ2n) is 5.32. The van der Waals surface area contributed by atoms with Gasteiger partial charge in [-0.05, 0) is 32.4 Å². The van der Waals surface area contributed by atoms with Gasteiger partial charge in [-0.15, -0.1) is 0 Å². The van der Waals surface area contributed by atoms with Crippen LogP contribution >= 0.6 is 0 Å². The van der Waals surface area contributed by atoms with Crippen molar-refractivity contribution in [3.8, 4) is 0 Å². The smallest absolute Gasteiger partial charge is 0.315 e. The molecule has 3 heteroatoms. The van der Waals surface area contributed by atoms with Crippen LogP contribution in [0.2, 0.25) is 0 Å². The van der Waals surface area contributed by atoms with Crippen molar-refractivity contribution in [1.29, 1.82) is 0 Å². The fourth-order valence-corrected chi connectivity index (χ4v) is 2.33. The number of rotatable bonds is 7. The average Bonchev–Trinajstić information content (AvgIpc) is 2.44. The SMILES string of the molecule is CCC(C)N(CC)CC(C)(C(=O)O)c1ccccc1. The number of hydrogen-bond donors (Lipinski definition) is 1. The Bertz CT molecular complexity index is 404. The quantitative estimate of drug-likeness (QED) is 0.821. The Balaban J connectivity index is 3.04. The van der Waals surface area contributed by atoms with Gasteiger partial charge in [0.15, 0.2) is 0 Å². The summed E-state index contributed by atoms with van der Waals surface area (Å²) in [6, 6.07) is 9.91. The maximum atomic E-state index is 11.8. The summed E-state index contributed by atoms with van der Waals surface area (Å²) in [5.41, 5.74) is 0.00463. The van der Waals surface area contributed by atoms with Crippen LogP contribution < -0.4 is 0 Å². The Hall–Kier alpha value is -1.35. The number of hydrogen-bond acceptors (Lipinski definition) is 2. The van der Waals surface area contributed by atoms with Gasteiger partial charge in [0.1, 0.15) is 5.41 Å². The van der Waals surface area contributed by atoms with Crippen LogP contribution in [-0.2, 0) is 10.2 Å².